The smallest absolute Gasteiger partial charge is 0.309 e. The molecule has 2 atom stereocenters. The zero-order chi connectivity index (χ0) is 16.2. The molecule has 6 nitrogen and oxygen atoms in total. The van der Waals surface area contributed by atoms with E-state index in [2.05, 4.69) is 5.10 Å². The molecule has 1 aliphatic rings. The van der Waals surface area contributed by atoms with Gasteiger partial charge in [0.05, 0.1) is 23.7 Å². The number of esters is 1. The Morgan fingerprint density at radius 1 is 1.39 bits per heavy atom. The molecule has 118 valence electrons. The van der Waals surface area contributed by atoms with Crippen LogP contribution in [0.2, 0.25) is 0 Å². The Balaban J connectivity index is 1.38. The second-order valence-electron chi connectivity index (χ2n) is 5.55. The SMILES string of the molecule is Cn1cc([C@@H]2C[C@H]2C(=O)OCCOc2ccc(C#N)cc2)cn1. The number of carbonyl (C=O) groups is 1. The van der Waals surface area contributed by atoms with E-state index in [4.69, 9.17) is 14.7 Å². The van der Waals surface area contributed by atoms with E-state index in [1.54, 1.807) is 35.1 Å². The third kappa shape index (κ3) is 3.69. The molecular weight excluding hydrogens is 294 g/mol. The first kappa shape index (κ1) is 15.1. The van der Waals surface area contributed by atoms with Crippen LogP contribution in [0, 0.1) is 17.2 Å². The van der Waals surface area contributed by atoms with Crippen LogP contribution >= 0.6 is 0 Å². The highest BCUT2D eigenvalue weighted by Gasteiger charge is 2.45. The lowest BCUT2D eigenvalue weighted by Gasteiger charge is -2.07. The summed E-state index contributed by atoms with van der Waals surface area (Å²) in [4.78, 5) is 11.9. The summed E-state index contributed by atoms with van der Waals surface area (Å²) in [7, 11) is 1.86. The van der Waals surface area contributed by atoms with Crippen LogP contribution < -0.4 is 4.74 Å². The molecule has 2 aromatic rings. The Labute approximate surface area is 134 Å². The summed E-state index contributed by atoms with van der Waals surface area (Å²) >= 11 is 0. The van der Waals surface area contributed by atoms with E-state index in [0.717, 1.165) is 12.0 Å². The largest absolute Gasteiger partial charge is 0.490 e. The van der Waals surface area contributed by atoms with Gasteiger partial charge in [-0.1, -0.05) is 0 Å². The number of nitrogens with zero attached hydrogens (tertiary/aromatic N) is 3. The summed E-state index contributed by atoms with van der Waals surface area (Å²) in [5.74, 6) is 0.645. The Morgan fingerprint density at radius 2 is 2.17 bits per heavy atom. The molecule has 0 saturated heterocycles. The van der Waals surface area contributed by atoms with Crippen molar-refractivity contribution in [2.75, 3.05) is 13.2 Å². The van der Waals surface area contributed by atoms with Crippen molar-refractivity contribution in [2.24, 2.45) is 13.0 Å². The van der Waals surface area contributed by atoms with Crippen LogP contribution in [0.15, 0.2) is 36.7 Å². The molecule has 0 radical (unpaired) electrons. The summed E-state index contributed by atoms with van der Waals surface area (Å²) in [5.41, 5.74) is 1.67. The normalized spacial score (nSPS) is 19.0. The van der Waals surface area contributed by atoms with Crippen molar-refractivity contribution in [3.05, 3.63) is 47.8 Å². The molecule has 23 heavy (non-hydrogen) atoms. The molecule has 1 saturated carbocycles. The lowest BCUT2D eigenvalue weighted by atomic mass is 10.2. The van der Waals surface area contributed by atoms with Crippen LogP contribution in [0.4, 0.5) is 0 Å². The van der Waals surface area contributed by atoms with E-state index in [9.17, 15) is 4.79 Å². The molecule has 1 heterocycles. The summed E-state index contributed by atoms with van der Waals surface area (Å²) in [6.45, 7) is 0.511. The average Bonchev–Trinajstić information content (AvgIpc) is 3.26. The Morgan fingerprint density at radius 3 is 2.83 bits per heavy atom. The first-order valence-corrected chi connectivity index (χ1v) is 7.45. The van der Waals surface area contributed by atoms with Gasteiger partial charge < -0.3 is 9.47 Å². The number of rotatable bonds is 6. The van der Waals surface area contributed by atoms with Crippen molar-refractivity contribution in [2.45, 2.75) is 12.3 Å². The van der Waals surface area contributed by atoms with Gasteiger partial charge in [0.25, 0.3) is 0 Å². The Hall–Kier alpha value is -2.81. The second-order valence-corrected chi connectivity index (χ2v) is 5.55. The number of aromatic nitrogens is 2. The molecule has 0 aliphatic heterocycles. The fourth-order valence-corrected chi connectivity index (χ4v) is 2.49. The average molecular weight is 311 g/mol. The standard InChI is InChI=1S/C17H17N3O3/c1-20-11-13(10-19-20)15-8-16(15)17(21)23-7-6-22-14-4-2-12(9-18)3-5-14/h2-5,10-11,15-16H,6-8H2,1H3/t15-,16+/m0/s1. The summed E-state index contributed by atoms with van der Waals surface area (Å²) in [6.07, 6.45) is 4.55. The van der Waals surface area contributed by atoms with Gasteiger partial charge in [-0.3, -0.25) is 9.48 Å². The molecule has 1 aromatic heterocycles. The maximum atomic E-state index is 11.9. The molecule has 1 fully saturated rings. The number of benzene rings is 1. The zero-order valence-corrected chi connectivity index (χ0v) is 12.8. The van der Waals surface area contributed by atoms with Crippen LogP contribution in [0.5, 0.6) is 5.75 Å². The van der Waals surface area contributed by atoms with Gasteiger partial charge in [-0.15, -0.1) is 0 Å². The highest BCUT2D eigenvalue weighted by atomic mass is 16.6. The van der Waals surface area contributed by atoms with Gasteiger partial charge in [0.1, 0.15) is 19.0 Å². The molecule has 3 rings (SSSR count). The lowest BCUT2D eigenvalue weighted by molar-refractivity contribution is -0.146. The molecule has 0 spiro atoms. The number of hydrogen-bond acceptors (Lipinski definition) is 5. The van der Waals surface area contributed by atoms with Crippen molar-refractivity contribution >= 4 is 5.97 Å². The predicted octanol–water partition coefficient (Wildman–Crippen LogP) is 2.02. The number of hydrogen-bond donors (Lipinski definition) is 0. The minimum atomic E-state index is -0.178. The molecule has 1 aromatic carbocycles. The molecule has 1 aliphatic carbocycles. The van der Waals surface area contributed by atoms with E-state index in [-0.39, 0.29) is 24.4 Å². The van der Waals surface area contributed by atoms with E-state index >= 15 is 0 Å². The maximum absolute atomic E-state index is 11.9. The molecular formula is C17H17N3O3. The van der Waals surface area contributed by atoms with E-state index in [0.29, 0.717) is 17.9 Å². The van der Waals surface area contributed by atoms with Crippen molar-refractivity contribution in [3.63, 3.8) is 0 Å². The summed E-state index contributed by atoms with van der Waals surface area (Å²) in [5, 5.41) is 12.8. The molecule has 0 amide bonds. The fraction of sp³-hybridized carbons (Fsp3) is 0.353. The third-order valence-corrected chi connectivity index (χ3v) is 3.83. The predicted molar refractivity (Wildman–Crippen MR) is 81.7 cm³/mol. The van der Waals surface area contributed by atoms with Crippen LogP contribution in [0.3, 0.4) is 0 Å². The van der Waals surface area contributed by atoms with Crippen molar-refractivity contribution in [1.82, 2.24) is 9.78 Å². The quantitative estimate of drug-likeness (QED) is 0.602. The fourth-order valence-electron chi connectivity index (χ4n) is 2.49. The monoisotopic (exact) mass is 311 g/mol. The van der Waals surface area contributed by atoms with Gasteiger partial charge in [-0.05, 0) is 36.2 Å². The summed E-state index contributed by atoms with van der Waals surface area (Å²) < 4.78 is 12.5. The van der Waals surface area contributed by atoms with Crippen molar-refractivity contribution in [1.29, 1.82) is 5.26 Å². The van der Waals surface area contributed by atoms with Gasteiger partial charge in [0.2, 0.25) is 0 Å². The zero-order valence-electron chi connectivity index (χ0n) is 12.8. The minimum absolute atomic E-state index is 0.0610. The van der Waals surface area contributed by atoms with Crippen LogP contribution in [-0.2, 0) is 16.6 Å². The molecule has 0 unspecified atom stereocenters. The van der Waals surface area contributed by atoms with E-state index in [1.807, 2.05) is 19.3 Å². The van der Waals surface area contributed by atoms with Gasteiger partial charge in [0.15, 0.2) is 0 Å². The van der Waals surface area contributed by atoms with Gasteiger partial charge in [-0.25, -0.2) is 0 Å². The topological polar surface area (TPSA) is 77.1 Å². The molecule has 6 heteroatoms. The van der Waals surface area contributed by atoms with Gasteiger partial charge in [0, 0.05) is 19.2 Å². The maximum Gasteiger partial charge on any atom is 0.309 e. The number of carbonyl (C=O) groups excluding carboxylic acids is 1. The van der Waals surface area contributed by atoms with E-state index < -0.39 is 0 Å². The highest BCUT2D eigenvalue weighted by molar-refractivity contribution is 5.77. The Kier molecular flexibility index (Phi) is 4.29. The second kappa shape index (κ2) is 6.53. The summed E-state index contributed by atoms with van der Waals surface area (Å²) in [6, 6.07) is 8.86. The van der Waals surface area contributed by atoms with Crippen molar-refractivity contribution < 1.29 is 14.3 Å². The number of ether oxygens (including phenoxy) is 2. The minimum Gasteiger partial charge on any atom is -0.490 e. The number of aryl methyl sites for hydroxylation is 1. The third-order valence-electron chi connectivity index (χ3n) is 3.83. The van der Waals surface area contributed by atoms with Crippen molar-refractivity contribution in [3.8, 4) is 11.8 Å². The van der Waals surface area contributed by atoms with Gasteiger partial charge in [-0.2, -0.15) is 10.4 Å². The number of nitriles is 1. The van der Waals surface area contributed by atoms with Crippen LogP contribution in [-0.4, -0.2) is 29.0 Å². The van der Waals surface area contributed by atoms with Crippen LogP contribution in [0.25, 0.3) is 0 Å². The first-order chi connectivity index (χ1) is 11.2. The molecule has 0 N–H and O–H groups in total. The highest BCUT2D eigenvalue weighted by Crippen LogP contribution is 2.47. The van der Waals surface area contributed by atoms with E-state index in [1.165, 1.54) is 0 Å². The van der Waals surface area contributed by atoms with Crippen LogP contribution in [0.1, 0.15) is 23.5 Å². The first-order valence-electron chi connectivity index (χ1n) is 7.45. The van der Waals surface area contributed by atoms with Gasteiger partial charge >= 0.3 is 5.97 Å². The molecule has 0 bridgehead atoms. The Bertz CT molecular complexity index is 730. The lowest BCUT2D eigenvalue weighted by Crippen LogP contribution is -2.14.